The number of benzene rings is 1. The number of piperazine rings is 1. The average Bonchev–Trinajstić information content (AvgIpc) is 3.34. The molecule has 3 rings (SSSR count). The highest BCUT2D eigenvalue weighted by atomic mass is 15.3. The Labute approximate surface area is 129 Å². The number of nitrogens with zero attached hydrogens (tertiary/aromatic N) is 1. The molecule has 1 aliphatic carbocycles. The predicted octanol–water partition coefficient (Wildman–Crippen LogP) is 3.47. The molecule has 2 nitrogen and oxygen atoms in total. The third kappa shape index (κ3) is 3.87. The molecule has 0 bridgehead atoms. The van der Waals surface area contributed by atoms with Crippen LogP contribution in [0.1, 0.15) is 45.1 Å². The maximum Gasteiger partial charge on any atom is 0.0264 e. The summed E-state index contributed by atoms with van der Waals surface area (Å²) in [7, 11) is 0. The van der Waals surface area contributed by atoms with Crippen molar-refractivity contribution in [2.45, 2.75) is 64.1 Å². The van der Waals surface area contributed by atoms with Gasteiger partial charge >= 0.3 is 0 Å². The second-order valence-corrected chi connectivity index (χ2v) is 7.03. The minimum Gasteiger partial charge on any atom is -0.311 e. The molecule has 1 aromatic rings. The van der Waals surface area contributed by atoms with Crippen LogP contribution in [0.2, 0.25) is 0 Å². The molecule has 0 spiro atoms. The lowest BCUT2D eigenvalue weighted by Crippen LogP contribution is -2.60. The number of nitrogens with one attached hydrogen (secondary N) is 1. The van der Waals surface area contributed by atoms with Gasteiger partial charge in [0.05, 0.1) is 0 Å². The van der Waals surface area contributed by atoms with E-state index < -0.39 is 0 Å². The molecule has 1 saturated heterocycles. The molecule has 2 heteroatoms. The number of rotatable bonds is 6. The van der Waals surface area contributed by atoms with Gasteiger partial charge in [0.25, 0.3) is 0 Å². The van der Waals surface area contributed by atoms with Crippen molar-refractivity contribution in [3.63, 3.8) is 0 Å². The Balaban J connectivity index is 1.67. The maximum absolute atomic E-state index is 3.84. The summed E-state index contributed by atoms with van der Waals surface area (Å²) >= 11 is 0. The predicted molar refractivity (Wildman–Crippen MR) is 89.5 cm³/mol. The third-order valence-electron chi connectivity index (χ3n) is 5.27. The fraction of sp³-hybridized carbons (Fsp3) is 0.684. The van der Waals surface area contributed by atoms with Gasteiger partial charge < -0.3 is 5.32 Å². The van der Waals surface area contributed by atoms with Gasteiger partial charge in [-0.25, -0.2) is 0 Å². The van der Waals surface area contributed by atoms with Crippen molar-refractivity contribution in [3.05, 3.63) is 35.9 Å². The number of hydrogen-bond donors (Lipinski definition) is 1. The summed E-state index contributed by atoms with van der Waals surface area (Å²) in [5.74, 6) is 0.957. The molecule has 0 amide bonds. The molecular formula is C19H30N2. The van der Waals surface area contributed by atoms with E-state index in [4.69, 9.17) is 0 Å². The van der Waals surface area contributed by atoms with Crippen LogP contribution in [0.5, 0.6) is 0 Å². The second kappa shape index (κ2) is 6.93. The first kappa shape index (κ1) is 15.1. The Morgan fingerprint density at radius 2 is 2.00 bits per heavy atom. The third-order valence-corrected chi connectivity index (χ3v) is 5.27. The molecule has 1 aliphatic heterocycles. The van der Waals surface area contributed by atoms with Crippen LogP contribution in [0.4, 0.5) is 0 Å². The van der Waals surface area contributed by atoms with E-state index in [-0.39, 0.29) is 0 Å². The molecule has 3 atom stereocenters. The normalized spacial score (nSPS) is 28.5. The monoisotopic (exact) mass is 286 g/mol. The van der Waals surface area contributed by atoms with E-state index >= 15 is 0 Å². The van der Waals surface area contributed by atoms with Crippen molar-refractivity contribution < 1.29 is 0 Å². The van der Waals surface area contributed by atoms with E-state index in [0.29, 0.717) is 12.1 Å². The Morgan fingerprint density at radius 3 is 2.67 bits per heavy atom. The largest absolute Gasteiger partial charge is 0.311 e. The van der Waals surface area contributed by atoms with Crippen LogP contribution >= 0.6 is 0 Å². The minimum absolute atomic E-state index is 0.656. The summed E-state index contributed by atoms with van der Waals surface area (Å²) in [6.45, 7) is 7.15. The van der Waals surface area contributed by atoms with Crippen molar-refractivity contribution in [1.82, 2.24) is 10.2 Å². The molecule has 21 heavy (non-hydrogen) atoms. The van der Waals surface area contributed by atoms with E-state index in [1.165, 1.54) is 44.2 Å². The molecule has 2 aliphatic rings. The molecule has 116 valence electrons. The summed E-state index contributed by atoms with van der Waals surface area (Å²) in [6, 6.07) is 13.1. The first-order valence-electron chi connectivity index (χ1n) is 8.81. The zero-order chi connectivity index (χ0) is 14.7. The summed E-state index contributed by atoms with van der Waals surface area (Å²) < 4.78 is 0. The van der Waals surface area contributed by atoms with Crippen LogP contribution in [-0.4, -0.2) is 36.1 Å². The van der Waals surface area contributed by atoms with Crippen LogP contribution < -0.4 is 5.32 Å². The van der Waals surface area contributed by atoms with E-state index in [2.05, 4.69) is 54.4 Å². The van der Waals surface area contributed by atoms with Gasteiger partial charge in [0.15, 0.2) is 0 Å². The van der Waals surface area contributed by atoms with E-state index in [0.717, 1.165) is 18.5 Å². The van der Waals surface area contributed by atoms with Crippen LogP contribution in [0.25, 0.3) is 0 Å². The quantitative estimate of drug-likeness (QED) is 0.861. The highest BCUT2D eigenvalue weighted by molar-refractivity contribution is 5.16. The molecular weight excluding hydrogens is 256 g/mol. The zero-order valence-corrected chi connectivity index (χ0v) is 13.6. The minimum atomic E-state index is 0.656. The molecule has 1 heterocycles. The van der Waals surface area contributed by atoms with Crippen molar-refractivity contribution in [2.24, 2.45) is 5.92 Å². The number of hydrogen-bond acceptors (Lipinski definition) is 2. The summed E-state index contributed by atoms with van der Waals surface area (Å²) in [5.41, 5.74) is 1.47. The molecule has 1 saturated carbocycles. The SMILES string of the molecule is CCCC(C)N1CC(C2CC2)NCC1Cc1ccccc1. The van der Waals surface area contributed by atoms with Crippen LogP contribution in [0.15, 0.2) is 30.3 Å². The molecule has 0 aromatic heterocycles. The van der Waals surface area contributed by atoms with Gasteiger partial charge in [-0.15, -0.1) is 0 Å². The first-order chi connectivity index (χ1) is 10.3. The van der Waals surface area contributed by atoms with Gasteiger partial charge in [-0.2, -0.15) is 0 Å². The lowest BCUT2D eigenvalue weighted by Gasteiger charge is -2.44. The van der Waals surface area contributed by atoms with Crippen LogP contribution in [0.3, 0.4) is 0 Å². The first-order valence-corrected chi connectivity index (χ1v) is 8.81. The highest BCUT2D eigenvalue weighted by Crippen LogP contribution is 2.35. The van der Waals surface area contributed by atoms with Gasteiger partial charge in [0, 0.05) is 31.2 Å². The highest BCUT2D eigenvalue weighted by Gasteiger charge is 2.38. The Morgan fingerprint density at radius 1 is 1.24 bits per heavy atom. The topological polar surface area (TPSA) is 15.3 Å². The van der Waals surface area contributed by atoms with Crippen molar-refractivity contribution in [1.29, 1.82) is 0 Å². The van der Waals surface area contributed by atoms with Crippen LogP contribution in [-0.2, 0) is 6.42 Å². The standard InChI is InChI=1S/C19H30N2/c1-3-7-15(2)21-14-19(17-10-11-17)20-13-18(21)12-16-8-5-4-6-9-16/h4-6,8-9,15,17-20H,3,7,10-14H2,1-2H3. The second-order valence-electron chi connectivity index (χ2n) is 7.03. The van der Waals surface area contributed by atoms with E-state index in [1.54, 1.807) is 0 Å². The molecule has 1 N–H and O–H groups in total. The lowest BCUT2D eigenvalue weighted by atomic mass is 9.96. The van der Waals surface area contributed by atoms with Gasteiger partial charge in [-0.05, 0) is 44.1 Å². The van der Waals surface area contributed by atoms with Gasteiger partial charge in [-0.3, -0.25) is 4.90 Å². The fourth-order valence-electron chi connectivity index (χ4n) is 3.86. The van der Waals surface area contributed by atoms with Gasteiger partial charge in [0.2, 0.25) is 0 Å². The molecule has 3 unspecified atom stereocenters. The van der Waals surface area contributed by atoms with E-state index in [1.807, 2.05) is 0 Å². The van der Waals surface area contributed by atoms with Crippen molar-refractivity contribution >= 4 is 0 Å². The maximum atomic E-state index is 3.84. The Hall–Kier alpha value is -0.860. The van der Waals surface area contributed by atoms with Crippen molar-refractivity contribution in [2.75, 3.05) is 13.1 Å². The molecule has 2 fully saturated rings. The van der Waals surface area contributed by atoms with Crippen molar-refractivity contribution in [3.8, 4) is 0 Å². The van der Waals surface area contributed by atoms with E-state index in [9.17, 15) is 0 Å². The van der Waals surface area contributed by atoms with Crippen LogP contribution in [0, 0.1) is 5.92 Å². The lowest BCUT2D eigenvalue weighted by molar-refractivity contribution is 0.0784. The summed E-state index contributed by atoms with van der Waals surface area (Å²) in [4.78, 5) is 2.80. The average molecular weight is 286 g/mol. The summed E-state index contributed by atoms with van der Waals surface area (Å²) in [5, 5.41) is 3.84. The van der Waals surface area contributed by atoms with Gasteiger partial charge in [0.1, 0.15) is 0 Å². The molecule has 1 aromatic carbocycles. The Kier molecular flexibility index (Phi) is 4.97. The zero-order valence-electron chi connectivity index (χ0n) is 13.6. The smallest absolute Gasteiger partial charge is 0.0264 e. The summed E-state index contributed by atoms with van der Waals surface area (Å²) in [6.07, 6.45) is 6.67. The van der Waals surface area contributed by atoms with Gasteiger partial charge in [-0.1, -0.05) is 43.7 Å². The fourth-order valence-corrected chi connectivity index (χ4v) is 3.86. The molecule has 0 radical (unpaired) electrons. The Bertz CT molecular complexity index is 426.